The van der Waals surface area contributed by atoms with E-state index in [0.29, 0.717) is 29.2 Å². The minimum Gasteiger partial charge on any atom is -0.504 e. The molecule has 10 heteroatoms. The Morgan fingerprint density at radius 3 is 2.42 bits per heavy atom. The second kappa shape index (κ2) is 14.3. The lowest BCUT2D eigenvalue weighted by atomic mass is 9.65. The fourth-order valence-corrected chi connectivity index (χ4v) is 6.70. The van der Waals surface area contributed by atoms with Gasteiger partial charge in [0.25, 0.3) is 0 Å². The largest absolute Gasteiger partial charge is 0.504 e. The number of esters is 1. The van der Waals surface area contributed by atoms with Crippen molar-refractivity contribution in [2.45, 2.75) is 70.3 Å². The third-order valence-electron chi connectivity index (χ3n) is 8.94. The van der Waals surface area contributed by atoms with Crippen molar-refractivity contribution in [3.8, 4) is 23.0 Å². The zero-order valence-corrected chi connectivity index (χ0v) is 25.3. The van der Waals surface area contributed by atoms with Crippen molar-refractivity contribution in [2.75, 3.05) is 40.1 Å². The van der Waals surface area contributed by atoms with Crippen LogP contribution in [-0.2, 0) is 14.3 Å². The molecular weight excluding hydrogens is 550 g/mol. The number of nitrogens with one attached hydrogen (secondary N) is 2. The molecule has 43 heavy (non-hydrogen) atoms. The number of carbonyl (C=O) groups is 2. The van der Waals surface area contributed by atoms with Crippen LogP contribution in [0.5, 0.6) is 23.0 Å². The molecule has 1 fully saturated rings. The molecule has 1 aliphatic carbocycles. The molecule has 1 unspecified atom stereocenters. The molecule has 2 aromatic rings. The Morgan fingerprint density at radius 1 is 0.977 bits per heavy atom. The second-order valence-corrected chi connectivity index (χ2v) is 11.8. The predicted molar refractivity (Wildman–Crippen MR) is 161 cm³/mol. The number of phenolic OH excluding ortho intramolecular Hbond substituents is 1. The molecule has 3 aliphatic rings. The van der Waals surface area contributed by atoms with E-state index in [-0.39, 0.29) is 42.9 Å². The van der Waals surface area contributed by atoms with Crippen molar-refractivity contribution in [1.82, 2.24) is 10.6 Å². The van der Waals surface area contributed by atoms with Crippen LogP contribution in [0.1, 0.15) is 85.6 Å². The van der Waals surface area contributed by atoms with Gasteiger partial charge in [-0.05, 0) is 86.3 Å². The van der Waals surface area contributed by atoms with E-state index >= 15 is 0 Å². The van der Waals surface area contributed by atoms with Gasteiger partial charge >= 0.3 is 5.97 Å². The molecule has 1 amide bonds. The van der Waals surface area contributed by atoms with Gasteiger partial charge in [0.2, 0.25) is 12.7 Å². The highest BCUT2D eigenvalue weighted by atomic mass is 16.7. The van der Waals surface area contributed by atoms with Crippen LogP contribution in [0.4, 0.5) is 0 Å². The Hall–Kier alpha value is -3.50. The lowest BCUT2D eigenvalue weighted by Crippen LogP contribution is -2.42. The lowest BCUT2D eigenvalue weighted by molar-refractivity contribution is -0.141. The highest BCUT2D eigenvalue weighted by Gasteiger charge is 2.53. The van der Waals surface area contributed by atoms with Crippen LogP contribution in [0.25, 0.3) is 0 Å². The Morgan fingerprint density at radius 2 is 1.67 bits per heavy atom. The summed E-state index contributed by atoms with van der Waals surface area (Å²) >= 11 is 0. The van der Waals surface area contributed by atoms with Crippen LogP contribution in [-0.4, -0.2) is 57.1 Å². The number of cyclic esters (lactones) is 1. The zero-order valence-electron chi connectivity index (χ0n) is 25.3. The fraction of sp³-hybridized carbons (Fsp3) is 0.576. The Bertz CT molecular complexity index is 1300. The Labute approximate surface area is 253 Å². The van der Waals surface area contributed by atoms with E-state index in [4.69, 9.17) is 24.7 Å². The summed E-state index contributed by atoms with van der Waals surface area (Å²) in [5.41, 5.74) is 8.76. The number of fused-ring (bicyclic) bond motifs is 3. The lowest BCUT2D eigenvalue weighted by Gasteiger charge is -2.39. The van der Waals surface area contributed by atoms with Crippen molar-refractivity contribution >= 4 is 11.9 Å². The van der Waals surface area contributed by atoms with E-state index in [0.717, 1.165) is 74.8 Å². The van der Waals surface area contributed by atoms with Crippen LogP contribution < -0.4 is 30.6 Å². The maximum atomic E-state index is 13.3. The van der Waals surface area contributed by atoms with Crippen LogP contribution >= 0.6 is 0 Å². The number of rotatable bonds is 15. The van der Waals surface area contributed by atoms with Gasteiger partial charge in [0, 0.05) is 18.3 Å². The number of nitrogens with two attached hydrogens (primary N) is 1. The van der Waals surface area contributed by atoms with Crippen LogP contribution in [0.2, 0.25) is 0 Å². The highest BCUT2D eigenvalue weighted by molar-refractivity contribution is 5.81. The Balaban J connectivity index is 1.29. The first-order valence-electron chi connectivity index (χ1n) is 15.6. The molecular formula is C33H45N3O7. The number of amides is 1. The number of hydrogen-bond donors (Lipinski definition) is 4. The van der Waals surface area contributed by atoms with Gasteiger partial charge in [0.15, 0.2) is 23.0 Å². The summed E-state index contributed by atoms with van der Waals surface area (Å²) in [5, 5.41) is 17.2. The predicted octanol–water partition coefficient (Wildman–Crippen LogP) is 4.20. The molecule has 10 nitrogen and oxygen atoms in total. The number of benzene rings is 2. The van der Waals surface area contributed by atoms with Crippen molar-refractivity contribution in [2.24, 2.45) is 17.6 Å². The molecule has 0 saturated carbocycles. The number of unbranched alkanes of at least 4 members (excludes halogenated alkanes) is 5. The summed E-state index contributed by atoms with van der Waals surface area (Å²) in [5.74, 6) is 0.162. The second-order valence-electron chi connectivity index (χ2n) is 11.8. The molecule has 2 aliphatic heterocycles. The highest BCUT2D eigenvalue weighted by Crippen LogP contribution is 2.55. The van der Waals surface area contributed by atoms with Crippen molar-refractivity contribution in [3.05, 3.63) is 46.5 Å². The summed E-state index contributed by atoms with van der Waals surface area (Å²) in [6.45, 7) is 4.87. The van der Waals surface area contributed by atoms with Gasteiger partial charge < -0.3 is 40.4 Å². The summed E-state index contributed by atoms with van der Waals surface area (Å²) in [6, 6.07) is 7.12. The van der Waals surface area contributed by atoms with Gasteiger partial charge in [-0.2, -0.15) is 0 Å². The number of methoxy groups -OCH3 is 1. The molecule has 0 aromatic heterocycles. The number of ether oxygens (including phenoxy) is 4. The van der Waals surface area contributed by atoms with Gasteiger partial charge in [0.1, 0.15) is 0 Å². The molecule has 234 valence electrons. The first kappa shape index (κ1) is 30.9. The molecule has 0 radical (unpaired) electrons. The van der Waals surface area contributed by atoms with E-state index in [1.165, 1.54) is 13.5 Å². The quantitative estimate of drug-likeness (QED) is 0.176. The number of hydrogen-bond acceptors (Lipinski definition) is 9. The number of aryl methyl sites for hydroxylation is 1. The van der Waals surface area contributed by atoms with Crippen molar-refractivity contribution < 1.29 is 33.6 Å². The van der Waals surface area contributed by atoms with Crippen LogP contribution in [0.3, 0.4) is 0 Å². The van der Waals surface area contributed by atoms with Crippen LogP contribution in [0, 0.1) is 18.8 Å². The molecule has 4 atom stereocenters. The van der Waals surface area contributed by atoms with Crippen molar-refractivity contribution in [1.29, 1.82) is 0 Å². The molecule has 0 spiro atoms. The summed E-state index contributed by atoms with van der Waals surface area (Å²) in [7, 11) is 1.51. The van der Waals surface area contributed by atoms with E-state index in [1.807, 2.05) is 18.2 Å². The van der Waals surface area contributed by atoms with E-state index in [9.17, 15) is 14.7 Å². The summed E-state index contributed by atoms with van der Waals surface area (Å²) in [4.78, 5) is 26.5. The number of aromatic hydroxyl groups is 1. The van der Waals surface area contributed by atoms with Crippen molar-refractivity contribution in [3.63, 3.8) is 0 Å². The minimum atomic E-state index is -0.517. The zero-order chi connectivity index (χ0) is 30.3. The summed E-state index contributed by atoms with van der Waals surface area (Å²) in [6.07, 6.45) is 7.88. The third kappa shape index (κ3) is 6.86. The standard InChI is InChI=1S/C33H45N3O7/c1-20-14-21(15-27(40-2)32(20)38)29-22-16-25-26(43-19-42-25)17-23(22)31(24-18-41-33(39)30(24)29)36-28(37)10-7-5-3-4-6-8-12-35-13-9-11-34/h14-17,24,29-31,35,38H,3-13,18-19,34H2,1-2H3,(H,36,37)/t24-,29?,30-,31+/m0/s1. The first-order chi connectivity index (χ1) is 20.9. The molecule has 0 bridgehead atoms. The molecule has 2 aromatic carbocycles. The van der Waals surface area contributed by atoms with Crippen LogP contribution in [0.15, 0.2) is 24.3 Å². The first-order valence-corrected chi connectivity index (χ1v) is 15.6. The van der Waals surface area contributed by atoms with E-state index < -0.39 is 12.0 Å². The maximum Gasteiger partial charge on any atom is 0.310 e. The van der Waals surface area contributed by atoms with Gasteiger partial charge in [-0.1, -0.05) is 31.7 Å². The minimum absolute atomic E-state index is 0.0311. The Kier molecular flexibility index (Phi) is 10.3. The molecule has 2 heterocycles. The topological polar surface area (TPSA) is 141 Å². The smallest absolute Gasteiger partial charge is 0.310 e. The average Bonchev–Trinajstić information content (AvgIpc) is 3.62. The number of phenols is 1. The van der Waals surface area contributed by atoms with Gasteiger partial charge in [-0.25, -0.2) is 0 Å². The van der Waals surface area contributed by atoms with E-state index in [1.54, 1.807) is 13.0 Å². The molecule has 5 rings (SSSR count). The maximum absolute atomic E-state index is 13.3. The van der Waals surface area contributed by atoms with Gasteiger partial charge in [-0.15, -0.1) is 0 Å². The average molecular weight is 596 g/mol. The fourth-order valence-electron chi connectivity index (χ4n) is 6.70. The normalized spacial score (nSPS) is 21.7. The SMILES string of the molecule is COc1cc(C2c3cc4c(cc3[C@@H](NC(=O)CCCCCCCCNCCCN)[C@H]3COC(=O)[C@H]23)OCO4)cc(C)c1O. The summed E-state index contributed by atoms with van der Waals surface area (Å²) < 4.78 is 22.5. The van der Waals surface area contributed by atoms with Gasteiger partial charge in [-0.3, -0.25) is 9.59 Å². The van der Waals surface area contributed by atoms with Gasteiger partial charge in [0.05, 0.1) is 25.7 Å². The number of carbonyl (C=O) groups excluding carboxylic acids is 2. The monoisotopic (exact) mass is 595 g/mol. The van der Waals surface area contributed by atoms with E-state index in [2.05, 4.69) is 10.6 Å². The molecule has 1 saturated heterocycles. The third-order valence-corrected chi connectivity index (χ3v) is 8.94. The molecule has 5 N–H and O–H groups in total.